The molecule has 0 radical (unpaired) electrons. The van der Waals surface area contributed by atoms with E-state index in [1.807, 2.05) is 13.0 Å². The lowest BCUT2D eigenvalue weighted by Gasteiger charge is -2.18. The Kier molecular flexibility index (Phi) is 4.43. The highest BCUT2D eigenvalue weighted by Gasteiger charge is 2.11. The van der Waals surface area contributed by atoms with Gasteiger partial charge in [-0.2, -0.15) is 0 Å². The number of anilines is 1. The Hall–Kier alpha value is -3.28. The Labute approximate surface area is 144 Å². The molecule has 0 aliphatic carbocycles. The molecule has 0 spiro atoms. The van der Waals surface area contributed by atoms with Gasteiger partial charge in [-0.25, -0.2) is 9.59 Å². The van der Waals surface area contributed by atoms with E-state index >= 15 is 0 Å². The highest BCUT2D eigenvalue weighted by Crippen LogP contribution is 2.21. The molecule has 1 aromatic heterocycles. The molecule has 3 aromatic rings. The smallest absolute Gasteiger partial charge is 0.336 e. The zero-order valence-corrected chi connectivity index (χ0v) is 13.9. The van der Waals surface area contributed by atoms with Gasteiger partial charge in [0.2, 0.25) is 0 Å². The van der Waals surface area contributed by atoms with Gasteiger partial charge in [0, 0.05) is 36.8 Å². The van der Waals surface area contributed by atoms with Gasteiger partial charge in [0.05, 0.1) is 0 Å². The lowest BCUT2D eigenvalue weighted by atomic mass is 10.1. The third kappa shape index (κ3) is 3.80. The first-order valence-corrected chi connectivity index (χ1v) is 7.77. The van der Waals surface area contributed by atoms with E-state index in [2.05, 4.69) is 5.32 Å². The monoisotopic (exact) mass is 338 g/mol. The highest BCUT2D eigenvalue weighted by atomic mass is 16.4. The molecule has 128 valence electrons. The number of phenolic OH excluding ortho intramolecular Hbond substituents is 1. The van der Waals surface area contributed by atoms with E-state index in [1.165, 1.54) is 11.0 Å². The molecule has 1 heterocycles. The van der Waals surface area contributed by atoms with Crippen LogP contribution in [-0.2, 0) is 6.54 Å². The van der Waals surface area contributed by atoms with Gasteiger partial charge in [0.1, 0.15) is 11.3 Å². The summed E-state index contributed by atoms with van der Waals surface area (Å²) in [5, 5.41) is 12.9. The number of hydrogen-bond acceptors (Lipinski definition) is 4. The summed E-state index contributed by atoms with van der Waals surface area (Å²) in [4.78, 5) is 25.3. The maximum atomic E-state index is 12.3. The summed E-state index contributed by atoms with van der Waals surface area (Å²) in [6.07, 6.45) is 0. The van der Waals surface area contributed by atoms with Gasteiger partial charge in [0.25, 0.3) is 0 Å². The van der Waals surface area contributed by atoms with E-state index in [1.54, 1.807) is 43.4 Å². The number of carbonyl (C=O) groups is 1. The van der Waals surface area contributed by atoms with Crippen molar-refractivity contribution in [3.8, 4) is 5.75 Å². The molecule has 6 heteroatoms. The Bertz CT molecular complexity index is 977. The molecule has 0 unspecified atom stereocenters. The molecule has 0 bridgehead atoms. The van der Waals surface area contributed by atoms with Gasteiger partial charge in [-0.3, -0.25) is 0 Å². The van der Waals surface area contributed by atoms with Crippen molar-refractivity contribution in [1.29, 1.82) is 0 Å². The summed E-state index contributed by atoms with van der Waals surface area (Å²) in [6, 6.07) is 13.0. The minimum absolute atomic E-state index is 0.184. The average Bonchev–Trinajstić information content (AvgIpc) is 2.56. The molecule has 0 saturated heterocycles. The second-order valence-electron chi connectivity index (χ2n) is 5.91. The molecule has 2 N–H and O–H groups in total. The second kappa shape index (κ2) is 6.68. The normalized spacial score (nSPS) is 10.6. The van der Waals surface area contributed by atoms with Crippen molar-refractivity contribution >= 4 is 22.7 Å². The summed E-state index contributed by atoms with van der Waals surface area (Å²) in [5.74, 6) is 0.184. The SMILES string of the molecule is Cc1cc(=O)oc2cc(NC(=O)N(C)Cc3ccc(O)cc3)ccc12. The molecule has 0 saturated carbocycles. The zero-order valence-electron chi connectivity index (χ0n) is 13.9. The number of rotatable bonds is 3. The summed E-state index contributed by atoms with van der Waals surface area (Å²) in [6.45, 7) is 2.23. The number of nitrogens with one attached hydrogen (secondary N) is 1. The van der Waals surface area contributed by atoms with Crippen molar-refractivity contribution < 1.29 is 14.3 Å². The van der Waals surface area contributed by atoms with Gasteiger partial charge in [0.15, 0.2) is 0 Å². The molecule has 0 aliphatic rings. The molecule has 3 rings (SSSR count). The first-order valence-electron chi connectivity index (χ1n) is 7.77. The molecule has 6 nitrogen and oxygen atoms in total. The molecular weight excluding hydrogens is 320 g/mol. The topological polar surface area (TPSA) is 82.8 Å². The van der Waals surface area contributed by atoms with Gasteiger partial charge in [-0.1, -0.05) is 12.1 Å². The number of fused-ring (bicyclic) bond motifs is 1. The molecule has 2 aromatic carbocycles. The molecular formula is C19H18N2O4. The van der Waals surface area contributed by atoms with E-state index in [0.717, 1.165) is 16.5 Å². The fourth-order valence-electron chi connectivity index (χ4n) is 2.57. The maximum absolute atomic E-state index is 12.3. The predicted molar refractivity (Wildman–Crippen MR) is 95.8 cm³/mol. The minimum Gasteiger partial charge on any atom is -0.508 e. The fraction of sp³-hybridized carbons (Fsp3) is 0.158. The molecule has 0 aliphatic heterocycles. The number of urea groups is 1. The van der Waals surface area contributed by atoms with E-state index < -0.39 is 5.63 Å². The average molecular weight is 338 g/mol. The Morgan fingerprint density at radius 2 is 1.88 bits per heavy atom. The van der Waals surface area contributed by atoms with E-state index in [0.29, 0.717) is 17.8 Å². The standard InChI is InChI=1S/C19H18N2O4/c1-12-9-18(23)25-17-10-14(5-8-16(12)17)20-19(24)21(2)11-13-3-6-15(22)7-4-13/h3-10,22H,11H2,1-2H3,(H,20,24). The number of aryl methyl sites for hydroxylation is 1. The van der Waals surface area contributed by atoms with Crippen LogP contribution in [0.4, 0.5) is 10.5 Å². The lowest BCUT2D eigenvalue weighted by molar-refractivity contribution is 0.220. The van der Waals surface area contributed by atoms with Gasteiger partial charge in [-0.15, -0.1) is 0 Å². The van der Waals surface area contributed by atoms with E-state index in [9.17, 15) is 14.7 Å². The highest BCUT2D eigenvalue weighted by molar-refractivity contribution is 5.92. The van der Waals surface area contributed by atoms with E-state index in [4.69, 9.17) is 4.42 Å². The Morgan fingerprint density at radius 1 is 1.16 bits per heavy atom. The maximum Gasteiger partial charge on any atom is 0.336 e. The number of nitrogens with zero attached hydrogens (tertiary/aromatic N) is 1. The second-order valence-corrected chi connectivity index (χ2v) is 5.91. The van der Waals surface area contributed by atoms with Crippen LogP contribution in [0, 0.1) is 6.92 Å². The third-order valence-electron chi connectivity index (χ3n) is 3.91. The van der Waals surface area contributed by atoms with Crippen LogP contribution >= 0.6 is 0 Å². The van der Waals surface area contributed by atoms with Crippen LogP contribution in [-0.4, -0.2) is 23.1 Å². The van der Waals surface area contributed by atoms with Crippen LogP contribution in [0.25, 0.3) is 11.0 Å². The minimum atomic E-state index is -0.419. The third-order valence-corrected chi connectivity index (χ3v) is 3.91. The van der Waals surface area contributed by atoms with Crippen LogP contribution in [0.15, 0.2) is 57.7 Å². The van der Waals surface area contributed by atoms with Crippen molar-refractivity contribution in [1.82, 2.24) is 4.90 Å². The number of phenols is 1. The first kappa shape index (κ1) is 16.6. The van der Waals surface area contributed by atoms with Crippen LogP contribution in [0.1, 0.15) is 11.1 Å². The van der Waals surface area contributed by atoms with Crippen LogP contribution in [0.2, 0.25) is 0 Å². The molecule has 0 fully saturated rings. The predicted octanol–water partition coefficient (Wildman–Crippen LogP) is 3.47. The van der Waals surface area contributed by atoms with Crippen molar-refractivity contribution in [2.24, 2.45) is 0 Å². The number of aromatic hydroxyl groups is 1. The summed E-state index contributed by atoms with van der Waals surface area (Å²) < 4.78 is 5.19. The quantitative estimate of drug-likeness (QED) is 0.716. The van der Waals surface area contributed by atoms with Crippen LogP contribution in [0.5, 0.6) is 5.75 Å². The van der Waals surface area contributed by atoms with Gasteiger partial charge >= 0.3 is 11.7 Å². The fourth-order valence-corrected chi connectivity index (χ4v) is 2.57. The van der Waals surface area contributed by atoms with E-state index in [-0.39, 0.29) is 11.8 Å². The number of benzene rings is 2. The Balaban J connectivity index is 1.74. The van der Waals surface area contributed by atoms with Crippen LogP contribution in [0.3, 0.4) is 0 Å². The zero-order chi connectivity index (χ0) is 18.0. The molecule has 2 amide bonds. The van der Waals surface area contributed by atoms with Crippen molar-refractivity contribution in [3.05, 3.63) is 70.1 Å². The van der Waals surface area contributed by atoms with Crippen molar-refractivity contribution in [2.75, 3.05) is 12.4 Å². The Morgan fingerprint density at radius 3 is 2.60 bits per heavy atom. The number of amides is 2. The largest absolute Gasteiger partial charge is 0.508 e. The number of hydrogen-bond donors (Lipinski definition) is 2. The van der Waals surface area contributed by atoms with Gasteiger partial charge in [-0.05, 0) is 42.3 Å². The summed E-state index contributed by atoms with van der Waals surface area (Å²) in [7, 11) is 1.67. The van der Waals surface area contributed by atoms with Crippen LogP contribution < -0.4 is 10.9 Å². The first-order chi connectivity index (χ1) is 11.9. The molecule has 25 heavy (non-hydrogen) atoms. The summed E-state index contributed by atoms with van der Waals surface area (Å²) >= 11 is 0. The molecule has 0 atom stereocenters. The summed E-state index contributed by atoms with van der Waals surface area (Å²) in [5.41, 5.74) is 2.29. The number of carbonyl (C=O) groups excluding carboxylic acids is 1. The van der Waals surface area contributed by atoms with Crippen molar-refractivity contribution in [3.63, 3.8) is 0 Å². The lowest BCUT2D eigenvalue weighted by Crippen LogP contribution is -2.30. The van der Waals surface area contributed by atoms with Gasteiger partial charge < -0.3 is 19.7 Å². The van der Waals surface area contributed by atoms with Crippen molar-refractivity contribution in [2.45, 2.75) is 13.5 Å².